The van der Waals surface area contributed by atoms with Gasteiger partial charge in [0.25, 0.3) is 0 Å². The molecule has 3 aliphatic rings. The Balaban J connectivity index is 1.38. The van der Waals surface area contributed by atoms with E-state index in [0.717, 1.165) is 30.4 Å². The maximum Gasteiger partial charge on any atom is 0.248 e. The van der Waals surface area contributed by atoms with Gasteiger partial charge in [0.15, 0.2) is 0 Å². The van der Waals surface area contributed by atoms with Gasteiger partial charge in [-0.25, -0.2) is 4.98 Å². The van der Waals surface area contributed by atoms with E-state index in [1.807, 2.05) is 0 Å². The predicted molar refractivity (Wildman–Crippen MR) is 118 cm³/mol. The summed E-state index contributed by atoms with van der Waals surface area (Å²) >= 11 is 5.94. The minimum Gasteiger partial charge on any atom is -0.356 e. The van der Waals surface area contributed by atoms with E-state index in [1.165, 1.54) is 0 Å². The van der Waals surface area contributed by atoms with Gasteiger partial charge in [0.1, 0.15) is 17.2 Å². The van der Waals surface area contributed by atoms with Crippen LogP contribution in [-0.4, -0.2) is 41.3 Å². The normalized spacial score (nSPS) is 21.4. The number of carbonyl (C=O) groups excluding carboxylic acids is 3. The zero-order valence-corrected chi connectivity index (χ0v) is 18.5. The molecule has 3 atom stereocenters. The Kier molecular flexibility index (Phi) is 6.75. The molecule has 1 aliphatic heterocycles. The van der Waals surface area contributed by atoms with E-state index in [0.29, 0.717) is 42.5 Å². The van der Waals surface area contributed by atoms with E-state index in [4.69, 9.17) is 11.6 Å². The van der Waals surface area contributed by atoms with Crippen LogP contribution in [0.15, 0.2) is 17.8 Å². The number of carbonyl (C=O) groups is 3. The largest absolute Gasteiger partial charge is 0.356 e. The third kappa shape index (κ3) is 5.46. The number of hydrogen-bond acceptors (Lipinski definition) is 5. The van der Waals surface area contributed by atoms with Crippen molar-refractivity contribution < 1.29 is 14.4 Å². The minimum atomic E-state index is -0.780. The molecule has 0 unspecified atom stereocenters. The highest BCUT2D eigenvalue weighted by atomic mass is 35.5. The second-order valence-electron chi connectivity index (χ2n) is 8.81. The number of nitrogens with zero attached hydrogens (tertiary/aromatic N) is 2. The molecule has 1 saturated carbocycles. The van der Waals surface area contributed by atoms with Gasteiger partial charge in [-0.15, -0.1) is 0 Å². The summed E-state index contributed by atoms with van der Waals surface area (Å²) in [6.45, 7) is 0.649. The first-order chi connectivity index (χ1) is 15.4. The Morgan fingerprint density at radius 3 is 2.81 bits per heavy atom. The molecule has 0 radical (unpaired) electrons. The van der Waals surface area contributed by atoms with E-state index >= 15 is 0 Å². The number of fused-ring (bicyclic) bond motifs is 1. The number of aromatic nitrogens is 1. The summed E-state index contributed by atoms with van der Waals surface area (Å²) in [5.41, 5.74) is 2.32. The van der Waals surface area contributed by atoms with Gasteiger partial charge in [-0.3, -0.25) is 14.4 Å². The van der Waals surface area contributed by atoms with Crippen molar-refractivity contribution in [3.05, 3.63) is 34.1 Å². The van der Waals surface area contributed by atoms with E-state index < -0.39 is 12.1 Å². The molecule has 3 N–H and O–H groups in total. The highest BCUT2D eigenvalue weighted by Crippen LogP contribution is 2.34. The Morgan fingerprint density at radius 1 is 1.28 bits per heavy atom. The Bertz CT molecular complexity index is 998. The summed E-state index contributed by atoms with van der Waals surface area (Å²) in [4.78, 5) is 42.0. The number of nitrogens with one attached hydrogen (secondary N) is 3. The van der Waals surface area contributed by atoms with Crippen molar-refractivity contribution in [3.8, 4) is 6.07 Å². The van der Waals surface area contributed by atoms with Crippen LogP contribution in [0.4, 0.5) is 0 Å². The average Bonchev–Trinajstić information content (AvgIpc) is 3.49. The average molecular weight is 456 g/mol. The third-order valence-electron chi connectivity index (χ3n) is 6.27. The number of nitriles is 1. The second-order valence-corrected chi connectivity index (χ2v) is 9.20. The van der Waals surface area contributed by atoms with Crippen LogP contribution in [0.2, 0.25) is 5.15 Å². The van der Waals surface area contributed by atoms with Gasteiger partial charge in [0.05, 0.1) is 6.07 Å². The fourth-order valence-corrected chi connectivity index (χ4v) is 4.44. The standard InChI is InChI=1S/C23H26ClN5O3/c24-20-10-15-7-16(8-17(15)12-27-20)22(31)29-19(6-13-3-4-13)23(32)28-18(11-25)9-14-2-1-5-26-21(14)30/h7,10,12-14,18-19H,1-6,8-9H2,(H,26,30)(H,28,32)(H,29,31)/t14-,18-,19-/m0/s1. The fourth-order valence-electron chi connectivity index (χ4n) is 4.27. The van der Waals surface area contributed by atoms with Crippen LogP contribution in [0.1, 0.15) is 49.7 Å². The number of halogens is 1. The molecule has 0 spiro atoms. The molecule has 2 fully saturated rings. The zero-order valence-electron chi connectivity index (χ0n) is 17.7. The lowest BCUT2D eigenvalue weighted by molar-refractivity contribution is -0.129. The molecule has 1 aromatic rings. The molecule has 8 nitrogen and oxygen atoms in total. The van der Waals surface area contributed by atoms with Gasteiger partial charge >= 0.3 is 0 Å². The SMILES string of the molecule is N#C[C@H](C[C@@H]1CCCNC1=O)NC(=O)[C@H](CC1CC1)NC(=O)C1=Cc2cc(Cl)ncc2C1. The number of amides is 3. The summed E-state index contributed by atoms with van der Waals surface area (Å²) in [5.74, 6) is -0.649. The highest BCUT2D eigenvalue weighted by Gasteiger charge is 2.33. The maximum absolute atomic E-state index is 13.0. The van der Waals surface area contributed by atoms with Crippen LogP contribution in [0.25, 0.3) is 6.08 Å². The lowest BCUT2D eigenvalue weighted by atomic mass is 9.92. The fraction of sp³-hybridized carbons (Fsp3) is 0.522. The van der Waals surface area contributed by atoms with Crippen molar-refractivity contribution in [3.63, 3.8) is 0 Å². The molecule has 3 amide bonds. The quantitative estimate of drug-likeness (QED) is 0.516. The van der Waals surface area contributed by atoms with E-state index in [1.54, 1.807) is 18.3 Å². The molecule has 4 rings (SSSR count). The number of piperidine rings is 1. The van der Waals surface area contributed by atoms with Gasteiger partial charge in [-0.1, -0.05) is 24.4 Å². The van der Waals surface area contributed by atoms with E-state index in [9.17, 15) is 19.6 Å². The van der Waals surface area contributed by atoms with Gasteiger partial charge in [0.2, 0.25) is 17.7 Å². The predicted octanol–water partition coefficient (Wildman–Crippen LogP) is 1.88. The first-order valence-electron chi connectivity index (χ1n) is 11.1. The molecular formula is C23H26ClN5O3. The molecule has 1 saturated heterocycles. The van der Waals surface area contributed by atoms with Crippen molar-refractivity contribution >= 4 is 35.4 Å². The van der Waals surface area contributed by atoms with E-state index in [2.05, 4.69) is 27.0 Å². The Labute approximate surface area is 191 Å². The lowest BCUT2D eigenvalue weighted by Gasteiger charge is -2.25. The molecule has 9 heteroatoms. The molecule has 0 bridgehead atoms. The van der Waals surface area contributed by atoms with Crippen LogP contribution < -0.4 is 16.0 Å². The van der Waals surface area contributed by atoms with Crippen LogP contribution in [0.5, 0.6) is 0 Å². The number of hydrogen-bond donors (Lipinski definition) is 3. The number of pyridine rings is 1. The smallest absolute Gasteiger partial charge is 0.248 e. The van der Waals surface area contributed by atoms with Gasteiger partial charge < -0.3 is 16.0 Å². The molecule has 2 heterocycles. The van der Waals surface area contributed by atoms with Gasteiger partial charge in [0, 0.05) is 30.7 Å². The summed E-state index contributed by atoms with van der Waals surface area (Å²) in [6, 6.07) is 2.30. The highest BCUT2D eigenvalue weighted by molar-refractivity contribution is 6.29. The first-order valence-corrected chi connectivity index (χ1v) is 11.4. The summed E-state index contributed by atoms with van der Waals surface area (Å²) in [5, 5.41) is 18.3. The van der Waals surface area contributed by atoms with Crippen LogP contribution in [-0.2, 0) is 20.8 Å². The second kappa shape index (κ2) is 9.70. The topological polar surface area (TPSA) is 124 Å². The zero-order chi connectivity index (χ0) is 22.7. The van der Waals surface area contributed by atoms with Gasteiger partial charge in [-0.05, 0) is 54.9 Å². The van der Waals surface area contributed by atoms with Crippen LogP contribution in [0.3, 0.4) is 0 Å². The van der Waals surface area contributed by atoms with Crippen molar-refractivity contribution in [1.29, 1.82) is 5.26 Å². The molecule has 0 aromatic carbocycles. The van der Waals surface area contributed by atoms with E-state index in [-0.39, 0.29) is 30.1 Å². The van der Waals surface area contributed by atoms with Crippen molar-refractivity contribution in [2.75, 3.05) is 6.54 Å². The monoisotopic (exact) mass is 455 g/mol. The lowest BCUT2D eigenvalue weighted by Crippen LogP contribution is -2.51. The summed E-state index contributed by atoms with van der Waals surface area (Å²) in [6.07, 6.45) is 8.28. The van der Waals surface area contributed by atoms with Crippen LogP contribution in [0, 0.1) is 23.2 Å². The Morgan fingerprint density at radius 2 is 2.09 bits per heavy atom. The van der Waals surface area contributed by atoms with Crippen molar-refractivity contribution in [1.82, 2.24) is 20.9 Å². The maximum atomic E-state index is 13.0. The molecular weight excluding hydrogens is 430 g/mol. The van der Waals surface area contributed by atoms with Gasteiger partial charge in [-0.2, -0.15) is 5.26 Å². The van der Waals surface area contributed by atoms with Crippen molar-refractivity contribution in [2.45, 2.75) is 57.0 Å². The first kappa shape index (κ1) is 22.3. The molecule has 32 heavy (non-hydrogen) atoms. The Hall–Kier alpha value is -2.92. The minimum absolute atomic E-state index is 0.0732. The van der Waals surface area contributed by atoms with Crippen molar-refractivity contribution in [2.24, 2.45) is 11.8 Å². The molecule has 168 valence electrons. The summed E-state index contributed by atoms with van der Waals surface area (Å²) < 4.78 is 0. The summed E-state index contributed by atoms with van der Waals surface area (Å²) in [7, 11) is 0. The van der Waals surface area contributed by atoms with Crippen LogP contribution >= 0.6 is 11.6 Å². The third-order valence-corrected chi connectivity index (χ3v) is 6.48. The number of rotatable bonds is 8. The molecule has 1 aromatic heterocycles. The molecule has 2 aliphatic carbocycles.